The first kappa shape index (κ1) is 18.7. The van der Waals surface area contributed by atoms with Crippen LogP contribution >= 0.6 is 12.4 Å². The average Bonchev–Trinajstić information content (AvgIpc) is 2.48. The van der Waals surface area contributed by atoms with Gasteiger partial charge in [-0.15, -0.1) is 12.4 Å². The van der Waals surface area contributed by atoms with Crippen LogP contribution in [0.1, 0.15) is 26.2 Å². The van der Waals surface area contributed by atoms with Crippen molar-refractivity contribution >= 4 is 18.3 Å². The maximum atomic E-state index is 13.0. The summed E-state index contributed by atoms with van der Waals surface area (Å²) in [6, 6.07) is 0. The first-order chi connectivity index (χ1) is 9.63. The fourth-order valence-electron chi connectivity index (χ4n) is 3.46. The molecule has 0 aromatic carbocycles. The molecule has 21 heavy (non-hydrogen) atoms. The minimum atomic E-state index is -0.334. The van der Waals surface area contributed by atoms with Crippen LogP contribution in [-0.2, 0) is 14.3 Å². The van der Waals surface area contributed by atoms with Crippen molar-refractivity contribution in [3.8, 4) is 0 Å². The smallest absolute Gasteiger partial charge is 0.231 e. The highest BCUT2D eigenvalue weighted by Gasteiger charge is 2.43. The summed E-state index contributed by atoms with van der Waals surface area (Å²) in [5, 5.41) is 3.33. The number of piperidine rings is 2. The van der Waals surface area contributed by atoms with Crippen LogP contribution in [0.2, 0.25) is 0 Å². The largest absolute Gasteiger partial charge is 0.384 e. The van der Waals surface area contributed by atoms with Crippen LogP contribution in [0, 0.1) is 11.3 Å². The topological polar surface area (TPSA) is 50.8 Å². The number of carbonyl (C=O) groups is 1. The average molecular weight is 321 g/mol. The lowest BCUT2D eigenvalue weighted by Gasteiger charge is -2.43. The number of rotatable bonds is 4. The summed E-state index contributed by atoms with van der Waals surface area (Å²) in [4.78, 5) is 15.0. The molecular weight excluding hydrogens is 292 g/mol. The zero-order valence-corrected chi connectivity index (χ0v) is 14.2. The lowest BCUT2D eigenvalue weighted by Crippen LogP contribution is -2.55. The number of halogens is 1. The molecule has 2 aliphatic heterocycles. The van der Waals surface area contributed by atoms with Crippen LogP contribution in [0.3, 0.4) is 0 Å². The van der Waals surface area contributed by atoms with E-state index in [0.29, 0.717) is 12.5 Å². The Morgan fingerprint density at radius 2 is 2.00 bits per heavy atom. The molecule has 124 valence electrons. The summed E-state index contributed by atoms with van der Waals surface area (Å²) in [6.07, 6.45) is 2.91. The van der Waals surface area contributed by atoms with Gasteiger partial charge in [0.1, 0.15) is 0 Å². The van der Waals surface area contributed by atoms with Crippen molar-refractivity contribution in [3.63, 3.8) is 0 Å². The number of carbonyl (C=O) groups excluding carboxylic acids is 1. The summed E-state index contributed by atoms with van der Waals surface area (Å²) in [5.74, 6) is 0.783. The van der Waals surface area contributed by atoms with Gasteiger partial charge in [0, 0.05) is 27.3 Å². The minimum absolute atomic E-state index is 0. The summed E-state index contributed by atoms with van der Waals surface area (Å²) in [6.45, 7) is 6.08. The van der Waals surface area contributed by atoms with Gasteiger partial charge in [-0.2, -0.15) is 0 Å². The number of hydrogen-bond donors (Lipinski definition) is 1. The number of amides is 1. The van der Waals surface area contributed by atoms with Gasteiger partial charge in [0.2, 0.25) is 5.91 Å². The third-order valence-corrected chi connectivity index (χ3v) is 4.91. The van der Waals surface area contributed by atoms with E-state index in [4.69, 9.17) is 9.47 Å². The number of methoxy groups -OCH3 is 2. The molecule has 0 spiro atoms. The maximum absolute atomic E-state index is 13.0. The molecule has 1 amide bonds. The van der Waals surface area contributed by atoms with E-state index in [9.17, 15) is 4.79 Å². The summed E-state index contributed by atoms with van der Waals surface area (Å²) in [7, 11) is 3.43. The predicted molar refractivity (Wildman–Crippen MR) is 84.8 cm³/mol. The van der Waals surface area contributed by atoms with Gasteiger partial charge >= 0.3 is 0 Å². The van der Waals surface area contributed by atoms with Gasteiger partial charge in [0.15, 0.2) is 0 Å². The summed E-state index contributed by atoms with van der Waals surface area (Å²) in [5.41, 5.74) is -0.334. The molecule has 0 aromatic heterocycles. The molecule has 2 unspecified atom stereocenters. The van der Waals surface area contributed by atoms with Crippen molar-refractivity contribution in [1.82, 2.24) is 10.2 Å². The fourth-order valence-corrected chi connectivity index (χ4v) is 3.46. The first-order valence-corrected chi connectivity index (χ1v) is 7.65. The lowest BCUT2D eigenvalue weighted by molar-refractivity contribution is -0.152. The summed E-state index contributed by atoms with van der Waals surface area (Å²) < 4.78 is 10.9. The molecule has 2 heterocycles. The molecule has 0 radical (unpaired) electrons. The van der Waals surface area contributed by atoms with E-state index < -0.39 is 0 Å². The van der Waals surface area contributed by atoms with Crippen molar-refractivity contribution < 1.29 is 14.3 Å². The molecule has 2 fully saturated rings. The van der Waals surface area contributed by atoms with Crippen LogP contribution in [0.25, 0.3) is 0 Å². The monoisotopic (exact) mass is 320 g/mol. The second-order valence-electron chi connectivity index (χ2n) is 6.25. The van der Waals surface area contributed by atoms with E-state index in [0.717, 1.165) is 45.4 Å². The lowest BCUT2D eigenvalue weighted by atomic mass is 9.77. The van der Waals surface area contributed by atoms with Gasteiger partial charge in [0.25, 0.3) is 0 Å². The maximum Gasteiger partial charge on any atom is 0.231 e. The highest BCUT2D eigenvalue weighted by atomic mass is 35.5. The molecule has 1 N–H and O–H groups in total. The quantitative estimate of drug-likeness (QED) is 0.848. The molecule has 0 aromatic rings. The van der Waals surface area contributed by atoms with Crippen LogP contribution in [-0.4, -0.2) is 63.9 Å². The van der Waals surface area contributed by atoms with Gasteiger partial charge in [-0.1, -0.05) is 6.92 Å². The summed E-state index contributed by atoms with van der Waals surface area (Å²) >= 11 is 0. The molecule has 5 nitrogen and oxygen atoms in total. The number of nitrogens with zero attached hydrogens (tertiary/aromatic N) is 1. The van der Waals surface area contributed by atoms with Gasteiger partial charge < -0.3 is 19.7 Å². The van der Waals surface area contributed by atoms with Crippen LogP contribution in [0.15, 0.2) is 0 Å². The van der Waals surface area contributed by atoms with Gasteiger partial charge in [-0.05, 0) is 38.3 Å². The van der Waals surface area contributed by atoms with Crippen LogP contribution < -0.4 is 5.32 Å². The normalized spacial score (nSPS) is 28.8. The Labute approximate surface area is 134 Å². The second kappa shape index (κ2) is 8.32. The van der Waals surface area contributed by atoms with E-state index >= 15 is 0 Å². The molecule has 0 saturated carbocycles. The molecule has 6 heteroatoms. The van der Waals surface area contributed by atoms with Gasteiger partial charge in [0.05, 0.1) is 18.1 Å². The van der Waals surface area contributed by atoms with Crippen molar-refractivity contribution in [2.75, 3.05) is 47.0 Å². The Balaban J connectivity index is 0.00000220. The molecule has 0 aliphatic carbocycles. The number of likely N-dealkylation sites (tertiary alicyclic amines) is 1. The number of nitrogens with one attached hydrogen (secondary N) is 1. The van der Waals surface area contributed by atoms with E-state index in [1.807, 2.05) is 4.90 Å². The zero-order valence-electron chi connectivity index (χ0n) is 13.4. The third-order valence-electron chi connectivity index (χ3n) is 4.91. The number of ether oxygens (including phenoxy) is 2. The zero-order chi connectivity index (χ0) is 14.6. The Hall–Kier alpha value is -0.360. The molecule has 2 saturated heterocycles. The standard InChI is InChI=1S/C15H28N2O3.ClH/c1-12-4-9-17(10-13(12)20-3)14(18)15(11-19-2)5-7-16-8-6-15;/h12-13,16H,4-11H2,1-3H3;1H. The van der Waals surface area contributed by atoms with Crippen LogP contribution in [0.4, 0.5) is 0 Å². The van der Waals surface area contributed by atoms with Gasteiger partial charge in [-0.3, -0.25) is 4.79 Å². The van der Waals surface area contributed by atoms with Crippen molar-refractivity contribution in [2.45, 2.75) is 32.3 Å². The Morgan fingerprint density at radius 1 is 1.33 bits per heavy atom. The molecule has 0 bridgehead atoms. The predicted octanol–water partition coefficient (Wildman–Crippen LogP) is 1.31. The Bertz CT molecular complexity index is 329. The fraction of sp³-hybridized carbons (Fsp3) is 0.933. The highest BCUT2D eigenvalue weighted by molar-refractivity contribution is 5.85. The Morgan fingerprint density at radius 3 is 2.57 bits per heavy atom. The SMILES string of the molecule is COCC1(C(=O)N2CCC(C)C(OC)C2)CCNCC1.Cl. The minimum Gasteiger partial charge on any atom is -0.384 e. The van der Waals surface area contributed by atoms with Crippen molar-refractivity contribution in [2.24, 2.45) is 11.3 Å². The van der Waals surface area contributed by atoms with E-state index in [1.54, 1.807) is 14.2 Å². The van der Waals surface area contributed by atoms with Crippen molar-refractivity contribution in [3.05, 3.63) is 0 Å². The third kappa shape index (κ3) is 4.09. The van der Waals surface area contributed by atoms with E-state index in [1.165, 1.54) is 0 Å². The van der Waals surface area contributed by atoms with Crippen molar-refractivity contribution in [1.29, 1.82) is 0 Å². The highest BCUT2D eigenvalue weighted by Crippen LogP contribution is 2.33. The number of hydrogen-bond acceptors (Lipinski definition) is 4. The molecular formula is C15H29ClN2O3. The molecule has 2 rings (SSSR count). The van der Waals surface area contributed by atoms with Gasteiger partial charge in [-0.25, -0.2) is 0 Å². The first-order valence-electron chi connectivity index (χ1n) is 7.65. The van der Waals surface area contributed by atoms with E-state index in [-0.39, 0.29) is 29.8 Å². The van der Waals surface area contributed by atoms with Crippen LogP contribution in [0.5, 0.6) is 0 Å². The molecule has 2 atom stereocenters. The Kier molecular flexibility index (Phi) is 7.40. The second-order valence-corrected chi connectivity index (χ2v) is 6.25. The van der Waals surface area contributed by atoms with E-state index in [2.05, 4.69) is 12.2 Å². The molecule has 2 aliphatic rings.